The molecule has 0 amide bonds. The summed E-state index contributed by atoms with van der Waals surface area (Å²) in [5.41, 5.74) is 3.71. The van der Waals surface area contributed by atoms with Crippen LogP contribution >= 0.6 is 11.8 Å². The van der Waals surface area contributed by atoms with E-state index in [9.17, 15) is 14.7 Å². The number of hydrogen-bond donors (Lipinski definition) is 1. The monoisotopic (exact) mass is 470 g/mol. The summed E-state index contributed by atoms with van der Waals surface area (Å²) in [6.45, 7) is 1.98. The van der Waals surface area contributed by atoms with Crippen LogP contribution in [0.1, 0.15) is 75.0 Å². The quantitative estimate of drug-likeness (QED) is 0.216. The van der Waals surface area contributed by atoms with Crippen molar-refractivity contribution in [2.24, 2.45) is 0 Å². The second kappa shape index (κ2) is 14.8. The van der Waals surface area contributed by atoms with Gasteiger partial charge in [0, 0.05) is 10.5 Å². The number of hydrogen-bond acceptors (Lipinski definition) is 4. The summed E-state index contributed by atoms with van der Waals surface area (Å²) in [4.78, 5) is 23.1. The highest BCUT2D eigenvalue weighted by Gasteiger charge is 2.32. The summed E-state index contributed by atoms with van der Waals surface area (Å²) >= 11 is 1.53. The van der Waals surface area contributed by atoms with Gasteiger partial charge in [0.1, 0.15) is 0 Å². The zero-order valence-corrected chi connectivity index (χ0v) is 20.9. The molecule has 0 radical (unpaired) electrons. The number of carbonyl (C=O) groups excluding carboxylic acids is 1. The summed E-state index contributed by atoms with van der Waals surface area (Å²) in [5.74, 6) is -0.557. The average molecular weight is 471 g/mol. The molecule has 1 atom stereocenters. The fourth-order valence-corrected chi connectivity index (χ4v) is 5.52. The first kappa shape index (κ1) is 27.0. The van der Waals surface area contributed by atoms with Gasteiger partial charge in [-0.3, -0.25) is 9.59 Å². The molecule has 0 heterocycles. The molecule has 2 aromatic carbocycles. The lowest BCUT2D eigenvalue weighted by molar-refractivity contribution is -0.140. The largest absolute Gasteiger partial charge is 0.481 e. The first-order valence-corrected chi connectivity index (χ1v) is 13.0. The number of carboxylic acid groups (broad SMARTS) is 1. The molecule has 0 aliphatic carbocycles. The molecule has 0 aromatic heterocycles. The highest BCUT2D eigenvalue weighted by Crippen LogP contribution is 2.42. The van der Waals surface area contributed by atoms with Gasteiger partial charge < -0.3 is 9.84 Å². The topological polar surface area (TPSA) is 63.6 Å². The van der Waals surface area contributed by atoms with Crippen molar-refractivity contribution in [1.82, 2.24) is 0 Å². The van der Waals surface area contributed by atoms with Crippen LogP contribution < -0.4 is 0 Å². The van der Waals surface area contributed by atoms with Crippen molar-refractivity contribution in [2.45, 2.75) is 75.9 Å². The molecule has 0 spiro atoms. The number of aliphatic carboxylic acids is 1. The third-order valence-electron chi connectivity index (χ3n) is 6.03. The molecule has 33 heavy (non-hydrogen) atoms. The van der Waals surface area contributed by atoms with E-state index in [0.29, 0.717) is 5.75 Å². The lowest BCUT2D eigenvalue weighted by atomic mass is 9.89. The van der Waals surface area contributed by atoms with E-state index in [2.05, 4.69) is 36.4 Å². The predicted octanol–water partition coefficient (Wildman–Crippen LogP) is 6.80. The first-order valence-electron chi connectivity index (χ1n) is 12.0. The number of thioether (sulfide) groups is 1. The first-order chi connectivity index (χ1) is 15.9. The maximum absolute atomic E-state index is 11.6. The van der Waals surface area contributed by atoms with E-state index in [4.69, 9.17) is 4.74 Å². The van der Waals surface area contributed by atoms with Gasteiger partial charge in [-0.2, -0.15) is 0 Å². The van der Waals surface area contributed by atoms with E-state index < -0.39 is 10.7 Å². The maximum Gasteiger partial charge on any atom is 0.306 e. The Labute approximate surface area is 203 Å². The smallest absolute Gasteiger partial charge is 0.306 e. The van der Waals surface area contributed by atoms with Crippen LogP contribution in [0.15, 0.2) is 54.6 Å². The Bertz CT molecular complexity index is 852. The lowest BCUT2D eigenvalue weighted by Gasteiger charge is -2.30. The van der Waals surface area contributed by atoms with Crippen molar-refractivity contribution in [3.63, 3.8) is 0 Å². The molecule has 0 bridgehead atoms. The average Bonchev–Trinajstić information content (AvgIpc) is 2.81. The Morgan fingerprint density at radius 2 is 1.48 bits per heavy atom. The SMILES string of the molecule is COC(=O)CCSC(C)(CC(=O)O)c1ccccc1CCCCCCCCc1ccccc1. The molecule has 1 unspecified atom stereocenters. The highest BCUT2D eigenvalue weighted by atomic mass is 32.2. The van der Waals surface area contributed by atoms with Gasteiger partial charge in [-0.05, 0) is 49.3 Å². The van der Waals surface area contributed by atoms with Gasteiger partial charge >= 0.3 is 11.9 Å². The lowest BCUT2D eigenvalue weighted by Crippen LogP contribution is -2.24. The molecule has 0 aliphatic heterocycles. The summed E-state index contributed by atoms with van der Waals surface area (Å²) in [6, 6.07) is 18.8. The minimum Gasteiger partial charge on any atom is -0.481 e. The number of carboxylic acids is 1. The maximum atomic E-state index is 11.6. The molecule has 0 fully saturated rings. The minimum absolute atomic E-state index is 0.0251. The van der Waals surface area contributed by atoms with E-state index >= 15 is 0 Å². The van der Waals surface area contributed by atoms with Crippen LogP contribution in [-0.4, -0.2) is 29.9 Å². The number of esters is 1. The third-order valence-corrected chi connectivity index (χ3v) is 7.44. The molecular weight excluding hydrogens is 432 g/mol. The van der Waals surface area contributed by atoms with Crippen LogP contribution in [0.2, 0.25) is 0 Å². The summed E-state index contributed by atoms with van der Waals surface area (Å²) in [6.07, 6.45) is 9.70. The summed E-state index contributed by atoms with van der Waals surface area (Å²) in [7, 11) is 1.38. The number of methoxy groups -OCH3 is 1. The molecule has 0 aliphatic rings. The van der Waals surface area contributed by atoms with Crippen molar-refractivity contribution in [3.05, 3.63) is 71.3 Å². The Morgan fingerprint density at radius 1 is 0.879 bits per heavy atom. The number of carbonyl (C=O) groups is 2. The molecule has 0 saturated carbocycles. The van der Waals surface area contributed by atoms with E-state index in [1.54, 1.807) is 0 Å². The Kier molecular flexibility index (Phi) is 12.1. The third kappa shape index (κ3) is 10.0. The molecule has 5 heteroatoms. The fourth-order valence-electron chi connectivity index (χ4n) is 4.22. The van der Waals surface area contributed by atoms with Crippen LogP contribution in [0.3, 0.4) is 0 Å². The Morgan fingerprint density at radius 3 is 2.15 bits per heavy atom. The number of ether oxygens (including phenoxy) is 1. The van der Waals surface area contributed by atoms with Gasteiger partial charge in [-0.15, -0.1) is 11.8 Å². The molecular formula is C28H38O4S. The van der Waals surface area contributed by atoms with E-state index in [0.717, 1.165) is 24.8 Å². The normalized spacial score (nSPS) is 12.8. The van der Waals surface area contributed by atoms with E-state index in [1.165, 1.54) is 62.1 Å². The second-order valence-electron chi connectivity index (χ2n) is 8.74. The van der Waals surface area contributed by atoms with Crippen LogP contribution in [0, 0.1) is 0 Å². The van der Waals surface area contributed by atoms with Gasteiger partial charge in [0.15, 0.2) is 0 Å². The number of unbranched alkanes of at least 4 members (excludes halogenated alkanes) is 5. The molecule has 0 saturated heterocycles. The molecule has 180 valence electrons. The van der Waals surface area contributed by atoms with Gasteiger partial charge in [0.25, 0.3) is 0 Å². The standard InChI is InChI=1S/C28H38O4S/c1-28(22-26(29)30,33-21-20-27(31)32-2)25-19-13-12-18-24(25)17-11-6-4-3-5-8-14-23-15-9-7-10-16-23/h7,9-10,12-13,15-16,18-19H,3-6,8,11,14,17,20-22H2,1-2H3,(H,29,30). The molecule has 2 aromatic rings. The van der Waals surface area contributed by atoms with Gasteiger partial charge in [-0.1, -0.05) is 80.3 Å². The zero-order chi connectivity index (χ0) is 23.9. The number of aryl methyl sites for hydroxylation is 2. The van der Waals surface area contributed by atoms with Crippen molar-refractivity contribution in [3.8, 4) is 0 Å². The minimum atomic E-state index is -0.826. The molecule has 2 rings (SSSR count). The van der Waals surface area contributed by atoms with Crippen molar-refractivity contribution in [1.29, 1.82) is 0 Å². The van der Waals surface area contributed by atoms with E-state index in [-0.39, 0.29) is 18.8 Å². The van der Waals surface area contributed by atoms with Crippen LogP contribution in [-0.2, 0) is 31.9 Å². The predicted molar refractivity (Wildman–Crippen MR) is 137 cm³/mol. The van der Waals surface area contributed by atoms with Crippen molar-refractivity contribution < 1.29 is 19.4 Å². The van der Waals surface area contributed by atoms with Crippen molar-refractivity contribution >= 4 is 23.7 Å². The number of benzene rings is 2. The van der Waals surface area contributed by atoms with Gasteiger partial charge in [0.2, 0.25) is 0 Å². The summed E-state index contributed by atoms with van der Waals surface area (Å²) < 4.78 is 4.15. The molecule has 1 N–H and O–H groups in total. The van der Waals surface area contributed by atoms with Crippen molar-refractivity contribution in [2.75, 3.05) is 12.9 Å². The highest BCUT2D eigenvalue weighted by molar-refractivity contribution is 8.00. The Hall–Kier alpha value is -2.27. The second-order valence-corrected chi connectivity index (χ2v) is 10.3. The van der Waals surface area contributed by atoms with Gasteiger partial charge in [-0.25, -0.2) is 0 Å². The van der Waals surface area contributed by atoms with Crippen LogP contribution in [0.4, 0.5) is 0 Å². The number of rotatable bonds is 16. The summed E-state index contributed by atoms with van der Waals surface area (Å²) in [5, 5.41) is 9.54. The van der Waals surface area contributed by atoms with Crippen LogP contribution in [0.25, 0.3) is 0 Å². The molecule has 4 nitrogen and oxygen atoms in total. The van der Waals surface area contributed by atoms with E-state index in [1.807, 2.05) is 25.1 Å². The Balaban J connectivity index is 1.82. The zero-order valence-electron chi connectivity index (χ0n) is 20.1. The van der Waals surface area contributed by atoms with Crippen LogP contribution in [0.5, 0.6) is 0 Å². The van der Waals surface area contributed by atoms with Gasteiger partial charge in [0.05, 0.1) is 20.0 Å². The fraction of sp³-hybridized carbons (Fsp3) is 0.500.